The number of hydrogen-bond acceptors (Lipinski definition) is 1. The van der Waals surface area contributed by atoms with Gasteiger partial charge >= 0.3 is 5.97 Å². The summed E-state index contributed by atoms with van der Waals surface area (Å²) in [5.74, 6) is -5.01. The van der Waals surface area contributed by atoms with Crippen LogP contribution in [0.3, 0.4) is 0 Å². The van der Waals surface area contributed by atoms with Gasteiger partial charge in [0.25, 0.3) is 0 Å². The van der Waals surface area contributed by atoms with Crippen LogP contribution in [-0.2, 0) is 11.2 Å². The van der Waals surface area contributed by atoms with Gasteiger partial charge in [0.2, 0.25) is 0 Å². The highest BCUT2D eigenvalue weighted by molar-refractivity contribution is 5.70. The van der Waals surface area contributed by atoms with Crippen molar-refractivity contribution in [2.75, 3.05) is 0 Å². The Morgan fingerprint density at radius 1 is 1.17 bits per heavy atom. The minimum atomic E-state index is -1.51. The molecule has 23 heavy (non-hydrogen) atoms. The number of carbonyl (C=O) groups is 1. The highest BCUT2D eigenvalue weighted by Gasteiger charge is 2.32. The second-order valence-corrected chi connectivity index (χ2v) is 6.59. The standard InChI is InChI=1S/C18H23F3O2/c1-2-3-11-4-6-13(7-5-11)14(18(22)23)8-12-9-15(19)17(21)16(20)10-12/h9-11,13-14H,2-8H2,1H3,(H,22,23)/t11-,13-,14?. The Bertz CT molecular complexity index is 528. The van der Waals surface area contributed by atoms with E-state index in [0.717, 1.165) is 44.2 Å². The molecule has 0 saturated heterocycles. The fourth-order valence-corrected chi connectivity index (χ4v) is 3.72. The van der Waals surface area contributed by atoms with Gasteiger partial charge in [0.1, 0.15) is 0 Å². The molecule has 1 aliphatic rings. The number of hydrogen-bond donors (Lipinski definition) is 1. The van der Waals surface area contributed by atoms with Crippen molar-refractivity contribution in [2.45, 2.75) is 51.9 Å². The van der Waals surface area contributed by atoms with Crippen LogP contribution >= 0.6 is 0 Å². The van der Waals surface area contributed by atoms with E-state index in [2.05, 4.69) is 6.92 Å². The van der Waals surface area contributed by atoms with Crippen molar-refractivity contribution in [3.63, 3.8) is 0 Å². The summed E-state index contributed by atoms with van der Waals surface area (Å²) in [5, 5.41) is 9.49. The molecule has 0 bridgehead atoms. The molecule has 2 nitrogen and oxygen atoms in total. The average Bonchev–Trinajstić information content (AvgIpc) is 2.51. The lowest BCUT2D eigenvalue weighted by molar-refractivity contribution is -0.144. The Labute approximate surface area is 134 Å². The Hall–Kier alpha value is -1.52. The number of carboxylic acid groups (broad SMARTS) is 1. The molecule has 1 fully saturated rings. The number of benzene rings is 1. The van der Waals surface area contributed by atoms with Crippen molar-refractivity contribution >= 4 is 5.97 Å². The summed E-state index contributed by atoms with van der Waals surface area (Å²) in [6.45, 7) is 2.14. The predicted molar refractivity (Wildman–Crippen MR) is 81.5 cm³/mol. The van der Waals surface area contributed by atoms with E-state index in [1.807, 2.05) is 0 Å². The first-order valence-corrected chi connectivity index (χ1v) is 8.28. The van der Waals surface area contributed by atoms with Crippen molar-refractivity contribution in [3.8, 4) is 0 Å². The molecule has 0 aromatic heterocycles. The van der Waals surface area contributed by atoms with Gasteiger partial charge in [0.15, 0.2) is 17.5 Å². The lowest BCUT2D eigenvalue weighted by Crippen LogP contribution is -2.29. The SMILES string of the molecule is CCC[C@H]1CC[C@H](C(Cc2cc(F)c(F)c(F)c2)C(=O)O)CC1. The quantitative estimate of drug-likeness (QED) is 0.750. The molecule has 0 aliphatic heterocycles. The zero-order chi connectivity index (χ0) is 17.0. The zero-order valence-electron chi connectivity index (χ0n) is 13.3. The second kappa shape index (κ2) is 7.84. The van der Waals surface area contributed by atoms with Gasteiger partial charge in [-0.25, -0.2) is 13.2 Å². The molecular formula is C18H23F3O2. The van der Waals surface area contributed by atoms with Gasteiger partial charge in [-0.1, -0.05) is 32.6 Å². The minimum Gasteiger partial charge on any atom is -0.481 e. The lowest BCUT2D eigenvalue weighted by Gasteiger charge is -2.32. The maximum absolute atomic E-state index is 13.3. The van der Waals surface area contributed by atoms with E-state index in [1.54, 1.807) is 0 Å². The molecule has 0 heterocycles. The van der Waals surface area contributed by atoms with Crippen molar-refractivity contribution in [1.82, 2.24) is 0 Å². The van der Waals surface area contributed by atoms with E-state index in [-0.39, 0.29) is 17.9 Å². The fraction of sp³-hybridized carbons (Fsp3) is 0.611. The molecule has 1 atom stereocenters. The molecule has 1 N–H and O–H groups in total. The lowest BCUT2D eigenvalue weighted by atomic mass is 9.73. The second-order valence-electron chi connectivity index (χ2n) is 6.59. The molecule has 1 aliphatic carbocycles. The smallest absolute Gasteiger partial charge is 0.307 e. The predicted octanol–water partition coefficient (Wildman–Crippen LogP) is 4.95. The highest BCUT2D eigenvalue weighted by Crippen LogP contribution is 2.37. The van der Waals surface area contributed by atoms with Gasteiger partial charge in [-0.05, 0) is 48.8 Å². The van der Waals surface area contributed by atoms with Crippen molar-refractivity contribution in [3.05, 3.63) is 35.1 Å². The summed E-state index contributed by atoms with van der Waals surface area (Å²) in [6.07, 6.45) is 6.00. The van der Waals surface area contributed by atoms with E-state index >= 15 is 0 Å². The van der Waals surface area contributed by atoms with Crippen LogP contribution in [0.2, 0.25) is 0 Å². The summed E-state index contributed by atoms with van der Waals surface area (Å²) < 4.78 is 39.6. The Kier molecular flexibility index (Phi) is 6.08. The van der Waals surface area contributed by atoms with Crippen molar-refractivity contribution in [1.29, 1.82) is 0 Å². The Morgan fingerprint density at radius 3 is 2.22 bits per heavy atom. The van der Waals surface area contributed by atoms with Crippen LogP contribution in [0.5, 0.6) is 0 Å². The topological polar surface area (TPSA) is 37.3 Å². The van der Waals surface area contributed by atoms with E-state index in [1.165, 1.54) is 6.42 Å². The maximum Gasteiger partial charge on any atom is 0.307 e. The maximum atomic E-state index is 13.3. The summed E-state index contributed by atoms with van der Waals surface area (Å²) in [7, 11) is 0. The molecule has 1 aromatic rings. The third kappa shape index (κ3) is 4.49. The molecule has 1 saturated carbocycles. The van der Waals surface area contributed by atoms with Crippen LogP contribution < -0.4 is 0 Å². The molecule has 0 spiro atoms. The van der Waals surface area contributed by atoms with Gasteiger partial charge < -0.3 is 5.11 Å². The first-order valence-electron chi connectivity index (χ1n) is 8.28. The van der Waals surface area contributed by atoms with Crippen LogP contribution in [0.25, 0.3) is 0 Å². The summed E-state index contributed by atoms with van der Waals surface area (Å²) >= 11 is 0. The molecule has 1 aromatic carbocycles. The van der Waals surface area contributed by atoms with Crippen LogP contribution in [0, 0.1) is 35.2 Å². The highest BCUT2D eigenvalue weighted by atomic mass is 19.2. The first kappa shape index (κ1) is 17.8. The van der Waals surface area contributed by atoms with Crippen LogP contribution in [0.4, 0.5) is 13.2 Å². The number of rotatable bonds is 6. The normalized spacial score (nSPS) is 22.8. The fourth-order valence-electron chi connectivity index (χ4n) is 3.72. The van der Waals surface area contributed by atoms with E-state index < -0.39 is 29.3 Å². The summed E-state index contributed by atoms with van der Waals surface area (Å²) in [5.41, 5.74) is 0.199. The van der Waals surface area contributed by atoms with E-state index in [4.69, 9.17) is 0 Å². The average molecular weight is 328 g/mol. The molecule has 128 valence electrons. The number of aliphatic carboxylic acids is 1. The zero-order valence-corrected chi connectivity index (χ0v) is 13.3. The Morgan fingerprint density at radius 2 is 1.74 bits per heavy atom. The van der Waals surface area contributed by atoms with Crippen molar-refractivity contribution in [2.24, 2.45) is 17.8 Å². The summed E-state index contributed by atoms with van der Waals surface area (Å²) in [4.78, 5) is 11.6. The largest absolute Gasteiger partial charge is 0.481 e. The number of halogens is 3. The molecule has 1 unspecified atom stereocenters. The molecule has 0 amide bonds. The third-order valence-electron chi connectivity index (χ3n) is 4.97. The molecule has 5 heteroatoms. The van der Waals surface area contributed by atoms with Gasteiger partial charge in [0.05, 0.1) is 5.92 Å². The first-order chi connectivity index (χ1) is 10.9. The van der Waals surface area contributed by atoms with Gasteiger partial charge in [-0.15, -0.1) is 0 Å². The third-order valence-corrected chi connectivity index (χ3v) is 4.97. The van der Waals surface area contributed by atoms with Crippen LogP contribution in [-0.4, -0.2) is 11.1 Å². The molecular weight excluding hydrogens is 305 g/mol. The van der Waals surface area contributed by atoms with E-state index in [0.29, 0.717) is 5.92 Å². The summed E-state index contributed by atoms with van der Waals surface area (Å²) in [6, 6.07) is 1.80. The van der Waals surface area contributed by atoms with E-state index in [9.17, 15) is 23.1 Å². The van der Waals surface area contributed by atoms with Gasteiger partial charge in [-0.3, -0.25) is 4.79 Å². The van der Waals surface area contributed by atoms with Gasteiger partial charge in [-0.2, -0.15) is 0 Å². The van der Waals surface area contributed by atoms with Crippen LogP contribution in [0.1, 0.15) is 51.0 Å². The van der Waals surface area contributed by atoms with Gasteiger partial charge in [0, 0.05) is 0 Å². The molecule has 0 radical (unpaired) electrons. The van der Waals surface area contributed by atoms with Crippen molar-refractivity contribution < 1.29 is 23.1 Å². The molecule has 2 rings (SSSR count). The monoisotopic (exact) mass is 328 g/mol. The Balaban J connectivity index is 2.07. The van der Waals surface area contributed by atoms with Crippen LogP contribution in [0.15, 0.2) is 12.1 Å². The number of carboxylic acids is 1. The minimum absolute atomic E-state index is 0.0109.